The van der Waals surface area contributed by atoms with Crippen molar-refractivity contribution in [1.82, 2.24) is 0 Å². The molecule has 1 aromatic rings. The van der Waals surface area contributed by atoms with Gasteiger partial charge in [0.15, 0.2) is 0 Å². The van der Waals surface area contributed by atoms with E-state index in [0.29, 0.717) is 18.1 Å². The van der Waals surface area contributed by atoms with Crippen molar-refractivity contribution in [2.24, 2.45) is 11.8 Å². The summed E-state index contributed by atoms with van der Waals surface area (Å²) in [5.74, 6) is 0.173. The summed E-state index contributed by atoms with van der Waals surface area (Å²) in [6, 6.07) is 7.56. The predicted octanol–water partition coefficient (Wildman–Crippen LogP) is 3.78. The third-order valence-electron chi connectivity index (χ3n) is 4.49. The van der Waals surface area contributed by atoms with Gasteiger partial charge in [-0.3, -0.25) is 4.79 Å². The lowest BCUT2D eigenvalue weighted by Gasteiger charge is -2.12. The minimum absolute atomic E-state index is 0.0377. The van der Waals surface area contributed by atoms with Crippen LogP contribution in [0, 0.1) is 11.8 Å². The van der Waals surface area contributed by atoms with Gasteiger partial charge in [-0.15, -0.1) is 0 Å². The standard InChI is InChI=1S/C19H26O4/c1-3-4-10-23-19(21)17-9-8-15(13-17)11-14-6-5-7-16(12-14)18(20)22-2/h5-7,12,15,17H,3-4,8-11,13H2,1-2H3/t15-,17+/m0/s1. The zero-order chi connectivity index (χ0) is 16.7. The van der Waals surface area contributed by atoms with E-state index in [4.69, 9.17) is 9.47 Å². The fourth-order valence-electron chi connectivity index (χ4n) is 3.19. The molecule has 4 nitrogen and oxygen atoms in total. The Kier molecular flexibility index (Phi) is 6.63. The number of rotatable bonds is 7. The lowest BCUT2D eigenvalue weighted by Crippen LogP contribution is -2.16. The molecular weight excluding hydrogens is 292 g/mol. The fraction of sp³-hybridized carbons (Fsp3) is 0.579. The van der Waals surface area contributed by atoms with E-state index in [1.54, 1.807) is 6.07 Å². The van der Waals surface area contributed by atoms with Gasteiger partial charge in [0.2, 0.25) is 0 Å². The molecule has 0 N–H and O–H groups in total. The van der Waals surface area contributed by atoms with Gasteiger partial charge in [-0.1, -0.05) is 25.5 Å². The monoisotopic (exact) mass is 318 g/mol. The quantitative estimate of drug-likeness (QED) is 0.567. The number of methoxy groups -OCH3 is 1. The van der Waals surface area contributed by atoms with Crippen molar-refractivity contribution >= 4 is 11.9 Å². The van der Waals surface area contributed by atoms with Gasteiger partial charge in [-0.2, -0.15) is 0 Å². The molecule has 1 aliphatic rings. The van der Waals surface area contributed by atoms with Crippen molar-refractivity contribution in [3.05, 3.63) is 35.4 Å². The van der Waals surface area contributed by atoms with Gasteiger partial charge in [-0.05, 0) is 55.7 Å². The van der Waals surface area contributed by atoms with Gasteiger partial charge < -0.3 is 9.47 Å². The van der Waals surface area contributed by atoms with Crippen molar-refractivity contribution < 1.29 is 19.1 Å². The average molecular weight is 318 g/mol. The summed E-state index contributed by atoms with van der Waals surface area (Å²) in [4.78, 5) is 23.6. The van der Waals surface area contributed by atoms with E-state index in [9.17, 15) is 9.59 Å². The minimum Gasteiger partial charge on any atom is -0.465 e. The Balaban J connectivity index is 1.85. The van der Waals surface area contributed by atoms with Crippen LogP contribution in [0.3, 0.4) is 0 Å². The zero-order valence-electron chi connectivity index (χ0n) is 14.0. The molecule has 0 amide bonds. The predicted molar refractivity (Wildman–Crippen MR) is 88.2 cm³/mol. The molecule has 1 fully saturated rings. The highest BCUT2D eigenvalue weighted by atomic mass is 16.5. The SMILES string of the molecule is CCCCOC(=O)[C@@H]1CC[C@@H](Cc2cccc(C(=O)OC)c2)C1. The number of benzene rings is 1. The van der Waals surface area contributed by atoms with Crippen LogP contribution in [-0.2, 0) is 20.7 Å². The lowest BCUT2D eigenvalue weighted by atomic mass is 9.95. The van der Waals surface area contributed by atoms with Crippen molar-refractivity contribution in [3.63, 3.8) is 0 Å². The summed E-state index contributed by atoms with van der Waals surface area (Å²) in [6.45, 7) is 2.62. The second kappa shape index (κ2) is 8.70. The Morgan fingerprint density at radius 1 is 1.26 bits per heavy atom. The molecule has 23 heavy (non-hydrogen) atoms. The summed E-state index contributed by atoms with van der Waals surface area (Å²) >= 11 is 0. The minimum atomic E-state index is -0.310. The molecule has 1 aromatic carbocycles. The largest absolute Gasteiger partial charge is 0.465 e. The third-order valence-corrected chi connectivity index (χ3v) is 4.49. The molecular formula is C19H26O4. The highest BCUT2D eigenvalue weighted by Gasteiger charge is 2.31. The van der Waals surface area contributed by atoms with E-state index in [2.05, 4.69) is 6.92 Å². The van der Waals surface area contributed by atoms with Crippen LogP contribution in [0.4, 0.5) is 0 Å². The third kappa shape index (κ3) is 5.08. The first kappa shape index (κ1) is 17.5. The van der Waals surface area contributed by atoms with Crippen LogP contribution in [0.2, 0.25) is 0 Å². The zero-order valence-corrected chi connectivity index (χ0v) is 14.0. The van der Waals surface area contributed by atoms with E-state index in [1.165, 1.54) is 7.11 Å². The van der Waals surface area contributed by atoms with Crippen LogP contribution in [0.25, 0.3) is 0 Å². The Hall–Kier alpha value is -1.84. The van der Waals surface area contributed by atoms with Crippen molar-refractivity contribution in [1.29, 1.82) is 0 Å². The Morgan fingerprint density at radius 2 is 2.09 bits per heavy atom. The maximum atomic E-state index is 12.0. The number of carbonyl (C=O) groups is 2. The summed E-state index contributed by atoms with van der Waals surface area (Å²) in [6.07, 6.45) is 5.69. The van der Waals surface area contributed by atoms with Crippen LogP contribution in [0.15, 0.2) is 24.3 Å². The number of esters is 2. The molecule has 0 saturated heterocycles. The van der Waals surface area contributed by atoms with E-state index in [-0.39, 0.29) is 17.9 Å². The molecule has 0 spiro atoms. The number of hydrogen-bond acceptors (Lipinski definition) is 4. The Labute approximate surface area is 138 Å². The highest BCUT2D eigenvalue weighted by molar-refractivity contribution is 5.89. The second-order valence-corrected chi connectivity index (χ2v) is 6.29. The van der Waals surface area contributed by atoms with Gasteiger partial charge in [0, 0.05) is 0 Å². The summed E-state index contributed by atoms with van der Waals surface area (Å²) in [5, 5.41) is 0. The van der Waals surface area contributed by atoms with E-state index >= 15 is 0 Å². The first-order valence-electron chi connectivity index (χ1n) is 8.48. The number of carbonyl (C=O) groups excluding carboxylic acids is 2. The normalized spacial score (nSPS) is 20.3. The molecule has 2 atom stereocenters. The van der Waals surface area contributed by atoms with Crippen LogP contribution in [0.5, 0.6) is 0 Å². The van der Waals surface area contributed by atoms with Crippen molar-refractivity contribution in [3.8, 4) is 0 Å². The second-order valence-electron chi connectivity index (χ2n) is 6.29. The number of ether oxygens (including phenoxy) is 2. The summed E-state index contributed by atoms with van der Waals surface area (Å²) in [7, 11) is 1.39. The fourth-order valence-corrected chi connectivity index (χ4v) is 3.19. The maximum absolute atomic E-state index is 12.0. The summed E-state index contributed by atoms with van der Waals surface area (Å²) < 4.78 is 10.1. The molecule has 126 valence electrons. The van der Waals surface area contributed by atoms with Crippen molar-refractivity contribution in [2.75, 3.05) is 13.7 Å². The molecule has 0 aromatic heterocycles. The molecule has 0 heterocycles. The molecule has 0 bridgehead atoms. The van der Waals surface area contributed by atoms with Gasteiger partial charge in [0.05, 0.1) is 25.2 Å². The van der Waals surface area contributed by atoms with E-state index in [0.717, 1.165) is 44.1 Å². The lowest BCUT2D eigenvalue weighted by molar-refractivity contribution is -0.148. The molecule has 0 unspecified atom stereocenters. The van der Waals surface area contributed by atoms with Crippen LogP contribution in [0.1, 0.15) is 54.9 Å². The smallest absolute Gasteiger partial charge is 0.337 e. The topological polar surface area (TPSA) is 52.6 Å². The molecule has 0 aliphatic heterocycles. The van der Waals surface area contributed by atoms with Crippen LogP contribution in [-0.4, -0.2) is 25.7 Å². The molecule has 2 rings (SSSR count). The number of hydrogen-bond donors (Lipinski definition) is 0. The molecule has 4 heteroatoms. The van der Waals surface area contributed by atoms with E-state index in [1.807, 2.05) is 18.2 Å². The first-order chi connectivity index (χ1) is 11.1. The average Bonchev–Trinajstić information content (AvgIpc) is 3.03. The van der Waals surface area contributed by atoms with Crippen LogP contribution < -0.4 is 0 Å². The van der Waals surface area contributed by atoms with Gasteiger partial charge in [-0.25, -0.2) is 4.79 Å². The summed E-state index contributed by atoms with van der Waals surface area (Å²) in [5.41, 5.74) is 1.71. The van der Waals surface area contributed by atoms with Gasteiger partial charge >= 0.3 is 11.9 Å². The van der Waals surface area contributed by atoms with Gasteiger partial charge in [0.1, 0.15) is 0 Å². The Morgan fingerprint density at radius 3 is 2.83 bits per heavy atom. The molecule has 0 radical (unpaired) electrons. The highest BCUT2D eigenvalue weighted by Crippen LogP contribution is 2.34. The number of unbranched alkanes of at least 4 members (excludes halogenated alkanes) is 1. The first-order valence-corrected chi connectivity index (χ1v) is 8.48. The Bertz CT molecular complexity index is 538. The van der Waals surface area contributed by atoms with E-state index < -0.39 is 0 Å². The molecule has 1 saturated carbocycles. The van der Waals surface area contributed by atoms with Crippen molar-refractivity contribution in [2.45, 2.75) is 45.4 Å². The molecule has 1 aliphatic carbocycles. The maximum Gasteiger partial charge on any atom is 0.337 e. The van der Waals surface area contributed by atoms with Gasteiger partial charge in [0.25, 0.3) is 0 Å². The van der Waals surface area contributed by atoms with Crippen LogP contribution >= 0.6 is 0 Å².